The smallest absolute Gasteiger partial charge is 0.111 e. The second kappa shape index (κ2) is 5.98. The lowest BCUT2D eigenvalue weighted by molar-refractivity contribution is 0.0157. The Morgan fingerprint density at radius 1 is 1.33 bits per heavy atom. The van der Waals surface area contributed by atoms with Crippen molar-refractivity contribution in [2.75, 3.05) is 19.1 Å². The minimum Gasteiger partial charge on any atom is -0.381 e. The SMILES string of the molecule is Cc1cccc2nc(CCCl)n(CC3(C)CCOCC3)c12. The number of alkyl halides is 1. The van der Waals surface area contributed by atoms with E-state index in [9.17, 15) is 0 Å². The van der Waals surface area contributed by atoms with Crippen molar-refractivity contribution >= 4 is 22.6 Å². The van der Waals surface area contributed by atoms with Crippen molar-refractivity contribution in [2.45, 2.75) is 39.7 Å². The van der Waals surface area contributed by atoms with Gasteiger partial charge >= 0.3 is 0 Å². The molecule has 21 heavy (non-hydrogen) atoms. The number of aromatic nitrogens is 2. The van der Waals surface area contributed by atoms with Crippen molar-refractivity contribution in [3.05, 3.63) is 29.6 Å². The maximum atomic E-state index is 5.98. The van der Waals surface area contributed by atoms with E-state index in [0.717, 1.165) is 50.4 Å². The second-order valence-corrected chi connectivity index (χ2v) is 6.80. The molecule has 114 valence electrons. The molecule has 1 aliphatic rings. The molecule has 0 atom stereocenters. The van der Waals surface area contributed by atoms with E-state index < -0.39 is 0 Å². The first-order valence-electron chi connectivity index (χ1n) is 7.71. The van der Waals surface area contributed by atoms with Gasteiger partial charge in [0.15, 0.2) is 0 Å². The maximum Gasteiger partial charge on any atom is 0.111 e. The van der Waals surface area contributed by atoms with E-state index in [0.29, 0.717) is 5.88 Å². The van der Waals surface area contributed by atoms with Gasteiger partial charge in [-0.1, -0.05) is 19.1 Å². The van der Waals surface area contributed by atoms with E-state index in [4.69, 9.17) is 21.3 Å². The van der Waals surface area contributed by atoms with Crippen LogP contribution in [0.15, 0.2) is 18.2 Å². The number of nitrogens with zero attached hydrogens (tertiary/aromatic N) is 2. The van der Waals surface area contributed by atoms with E-state index >= 15 is 0 Å². The van der Waals surface area contributed by atoms with Gasteiger partial charge in [0.2, 0.25) is 0 Å². The van der Waals surface area contributed by atoms with Gasteiger partial charge in [-0.05, 0) is 36.8 Å². The highest BCUT2D eigenvalue weighted by Crippen LogP contribution is 2.34. The van der Waals surface area contributed by atoms with Crippen LogP contribution in [0.3, 0.4) is 0 Å². The molecule has 0 radical (unpaired) electrons. The van der Waals surface area contributed by atoms with Gasteiger partial charge in [0.25, 0.3) is 0 Å². The Kier molecular flexibility index (Phi) is 4.23. The molecule has 0 aliphatic carbocycles. The summed E-state index contributed by atoms with van der Waals surface area (Å²) in [5, 5.41) is 0. The molecule has 3 rings (SSSR count). The Morgan fingerprint density at radius 2 is 2.10 bits per heavy atom. The number of fused-ring (bicyclic) bond motifs is 1. The van der Waals surface area contributed by atoms with Gasteiger partial charge in [-0.15, -0.1) is 11.6 Å². The number of rotatable bonds is 4. The van der Waals surface area contributed by atoms with Crippen LogP contribution in [0.1, 0.15) is 31.2 Å². The summed E-state index contributed by atoms with van der Waals surface area (Å²) in [5.74, 6) is 1.73. The van der Waals surface area contributed by atoms with Crippen molar-refractivity contribution in [2.24, 2.45) is 5.41 Å². The Hall–Kier alpha value is -1.06. The maximum absolute atomic E-state index is 5.98. The standard InChI is InChI=1S/C17H23ClN2O/c1-13-4-3-5-14-16(13)20(15(19-14)6-9-18)12-17(2)7-10-21-11-8-17/h3-5H,6-12H2,1-2H3. The second-order valence-electron chi connectivity index (χ2n) is 6.42. The number of imidazole rings is 1. The van der Waals surface area contributed by atoms with E-state index in [2.05, 4.69) is 36.6 Å². The molecule has 0 saturated carbocycles. The Balaban J connectivity index is 2.04. The van der Waals surface area contributed by atoms with Crippen LogP contribution >= 0.6 is 11.6 Å². The van der Waals surface area contributed by atoms with Crippen LogP contribution in [0, 0.1) is 12.3 Å². The van der Waals surface area contributed by atoms with Gasteiger partial charge in [-0.2, -0.15) is 0 Å². The van der Waals surface area contributed by atoms with Crippen LogP contribution < -0.4 is 0 Å². The minimum atomic E-state index is 0.287. The van der Waals surface area contributed by atoms with Crippen LogP contribution in [0.4, 0.5) is 0 Å². The average Bonchev–Trinajstić information content (AvgIpc) is 2.79. The zero-order valence-electron chi connectivity index (χ0n) is 12.9. The van der Waals surface area contributed by atoms with Crippen molar-refractivity contribution < 1.29 is 4.74 Å². The van der Waals surface area contributed by atoms with Gasteiger partial charge < -0.3 is 9.30 Å². The molecule has 0 N–H and O–H groups in total. The first kappa shape index (κ1) is 14.9. The van der Waals surface area contributed by atoms with Crippen LogP contribution in [-0.2, 0) is 17.7 Å². The number of ether oxygens (including phenoxy) is 1. The number of para-hydroxylation sites is 1. The van der Waals surface area contributed by atoms with Gasteiger partial charge in [0.1, 0.15) is 5.82 Å². The summed E-state index contributed by atoms with van der Waals surface area (Å²) in [7, 11) is 0. The molecule has 0 spiro atoms. The molecule has 2 heterocycles. The number of hydrogen-bond acceptors (Lipinski definition) is 2. The summed E-state index contributed by atoms with van der Waals surface area (Å²) in [6.07, 6.45) is 3.04. The molecule has 0 bridgehead atoms. The third-order valence-electron chi connectivity index (χ3n) is 4.61. The highest BCUT2D eigenvalue weighted by Gasteiger charge is 2.29. The molecule has 4 heteroatoms. The summed E-state index contributed by atoms with van der Waals surface area (Å²) in [5.41, 5.74) is 3.93. The number of benzene rings is 1. The summed E-state index contributed by atoms with van der Waals surface area (Å²) in [6, 6.07) is 6.34. The monoisotopic (exact) mass is 306 g/mol. The zero-order chi connectivity index (χ0) is 14.9. The van der Waals surface area contributed by atoms with E-state index in [-0.39, 0.29) is 5.41 Å². The average molecular weight is 307 g/mol. The number of halogens is 1. The third-order valence-corrected chi connectivity index (χ3v) is 4.79. The first-order chi connectivity index (χ1) is 10.1. The predicted octanol–water partition coefficient (Wildman–Crippen LogP) is 3.94. The molecule has 3 nitrogen and oxygen atoms in total. The topological polar surface area (TPSA) is 27.1 Å². The highest BCUT2D eigenvalue weighted by atomic mass is 35.5. The number of aryl methyl sites for hydroxylation is 2. The number of hydrogen-bond donors (Lipinski definition) is 0. The fourth-order valence-corrected chi connectivity index (χ4v) is 3.43. The van der Waals surface area contributed by atoms with E-state index in [1.807, 2.05) is 0 Å². The fraction of sp³-hybridized carbons (Fsp3) is 0.588. The molecule has 1 aromatic heterocycles. The van der Waals surface area contributed by atoms with Crippen LogP contribution in [0.5, 0.6) is 0 Å². The van der Waals surface area contributed by atoms with Gasteiger partial charge in [-0.3, -0.25) is 0 Å². The lowest BCUT2D eigenvalue weighted by Crippen LogP contribution is -2.31. The summed E-state index contributed by atoms with van der Waals surface area (Å²) >= 11 is 5.98. The van der Waals surface area contributed by atoms with Gasteiger partial charge in [0.05, 0.1) is 11.0 Å². The Bertz CT molecular complexity index is 629. The van der Waals surface area contributed by atoms with Crippen LogP contribution in [0.2, 0.25) is 0 Å². The molecule has 1 fully saturated rings. The van der Waals surface area contributed by atoms with Crippen LogP contribution in [-0.4, -0.2) is 28.6 Å². The molecular weight excluding hydrogens is 284 g/mol. The fourth-order valence-electron chi connectivity index (χ4n) is 3.26. The summed E-state index contributed by atoms with van der Waals surface area (Å²) in [4.78, 5) is 4.81. The molecule has 0 amide bonds. The zero-order valence-corrected chi connectivity index (χ0v) is 13.6. The van der Waals surface area contributed by atoms with Crippen molar-refractivity contribution in [3.63, 3.8) is 0 Å². The minimum absolute atomic E-state index is 0.287. The largest absolute Gasteiger partial charge is 0.381 e. The van der Waals surface area contributed by atoms with Crippen LogP contribution in [0.25, 0.3) is 11.0 Å². The normalized spacial score (nSPS) is 18.2. The van der Waals surface area contributed by atoms with Gasteiger partial charge in [0, 0.05) is 32.1 Å². The van der Waals surface area contributed by atoms with Crippen molar-refractivity contribution in [1.82, 2.24) is 9.55 Å². The lowest BCUT2D eigenvalue weighted by Gasteiger charge is -2.34. The lowest BCUT2D eigenvalue weighted by atomic mass is 9.82. The molecule has 1 aliphatic heterocycles. The summed E-state index contributed by atoms with van der Waals surface area (Å²) < 4.78 is 7.93. The molecule has 0 unspecified atom stereocenters. The summed E-state index contributed by atoms with van der Waals surface area (Å²) in [6.45, 7) is 7.27. The van der Waals surface area contributed by atoms with Crippen molar-refractivity contribution in [1.29, 1.82) is 0 Å². The Labute approximate surface area is 131 Å². The third kappa shape index (κ3) is 2.95. The molecule has 1 aromatic carbocycles. The first-order valence-corrected chi connectivity index (χ1v) is 8.25. The van der Waals surface area contributed by atoms with Crippen molar-refractivity contribution in [3.8, 4) is 0 Å². The molecular formula is C17H23ClN2O. The quantitative estimate of drug-likeness (QED) is 0.800. The highest BCUT2D eigenvalue weighted by molar-refractivity contribution is 6.17. The van der Waals surface area contributed by atoms with E-state index in [1.54, 1.807) is 0 Å². The molecule has 1 saturated heterocycles. The van der Waals surface area contributed by atoms with Gasteiger partial charge in [-0.25, -0.2) is 4.98 Å². The predicted molar refractivity (Wildman–Crippen MR) is 87.1 cm³/mol. The Morgan fingerprint density at radius 3 is 2.81 bits per heavy atom. The van der Waals surface area contributed by atoms with E-state index in [1.165, 1.54) is 11.1 Å². The molecule has 2 aromatic rings.